The van der Waals surface area contributed by atoms with Crippen LogP contribution in [0.4, 0.5) is 10.1 Å². The Bertz CT molecular complexity index is 398. The van der Waals surface area contributed by atoms with Gasteiger partial charge in [-0.3, -0.25) is 0 Å². The molecule has 94 valence electrons. The van der Waals surface area contributed by atoms with Crippen LogP contribution in [-0.2, 0) is 4.74 Å². The van der Waals surface area contributed by atoms with Crippen molar-refractivity contribution in [3.8, 4) is 0 Å². The van der Waals surface area contributed by atoms with Crippen molar-refractivity contribution >= 4 is 22.9 Å². The molecule has 0 aliphatic heterocycles. The van der Waals surface area contributed by atoms with Gasteiger partial charge < -0.3 is 15.8 Å². The highest BCUT2D eigenvalue weighted by molar-refractivity contribution is 7.80. The Hall–Kier alpha value is -1.20. The summed E-state index contributed by atoms with van der Waals surface area (Å²) in [6.45, 7) is 5.05. The molecule has 0 spiro atoms. The summed E-state index contributed by atoms with van der Waals surface area (Å²) >= 11 is 4.78. The second-order valence-corrected chi connectivity index (χ2v) is 4.15. The molecule has 0 fully saturated rings. The second-order valence-electron chi connectivity index (χ2n) is 3.71. The van der Waals surface area contributed by atoms with Crippen molar-refractivity contribution in [2.75, 3.05) is 18.5 Å². The molecular weight excluding hydrogens is 239 g/mol. The van der Waals surface area contributed by atoms with Crippen molar-refractivity contribution in [1.29, 1.82) is 0 Å². The number of rotatable bonds is 6. The fraction of sp³-hybridized carbons (Fsp3) is 0.417. The van der Waals surface area contributed by atoms with E-state index in [1.165, 1.54) is 6.07 Å². The first-order valence-electron chi connectivity index (χ1n) is 5.49. The molecule has 1 atom stereocenters. The van der Waals surface area contributed by atoms with Crippen molar-refractivity contribution < 1.29 is 9.13 Å². The van der Waals surface area contributed by atoms with Crippen LogP contribution >= 0.6 is 12.2 Å². The lowest BCUT2D eigenvalue weighted by Crippen LogP contribution is -2.20. The molecule has 0 saturated carbocycles. The van der Waals surface area contributed by atoms with Gasteiger partial charge in [0.25, 0.3) is 0 Å². The van der Waals surface area contributed by atoms with Crippen molar-refractivity contribution in [2.45, 2.75) is 20.0 Å². The van der Waals surface area contributed by atoms with Gasteiger partial charge in [-0.1, -0.05) is 12.2 Å². The number of nitrogens with one attached hydrogen (secondary N) is 1. The minimum absolute atomic E-state index is 0.0367. The van der Waals surface area contributed by atoms with E-state index in [9.17, 15) is 4.39 Å². The predicted octanol–water partition coefficient (Wildman–Crippen LogP) is 2.30. The van der Waals surface area contributed by atoms with Crippen LogP contribution in [0.2, 0.25) is 0 Å². The molecule has 5 heteroatoms. The topological polar surface area (TPSA) is 47.3 Å². The van der Waals surface area contributed by atoms with Gasteiger partial charge in [0.15, 0.2) is 0 Å². The van der Waals surface area contributed by atoms with Crippen molar-refractivity contribution in [2.24, 2.45) is 5.73 Å². The normalized spacial score (nSPS) is 12.2. The average Bonchev–Trinajstić information content (AvgIpc) is 2.27. The zero-order chi connectivity index (χ0) is 12.8. The summed E-state index contributed by atoms with van der Waals surface area (Å²) in [5, 5.41) is 2.98. The lowest BCUT2D eigenvalue weighted by atomic mass is 10.2. The molecule has 0 bridgehead atoms. The Labute approximate surface area is 106 Å². The molecule has 1 rings (SSSR count). The maximum atomic E-state index is 13.6. The summed E-state index contributed by atoms with van der Waals surface area (Å²) in [5.74, 6) is -0.362. The van der Waals surface area contributed by atoms with Gasteiger partial charge in [-0.2, -0.15) is 0 Å². The molecule has 0 saturated heterocycles. The second kappa shape index (κ2) is 6.51. The van der Waals surface area contributed by atoms with Gasteiger partial charge in [0, 0.05) is 18.7 Å². The average molecular weight is 256 g/mol. The zero-order valence-electron chi connectivity index (χ0n) is 10.00. The number of ether oxygens (including phenoxy) is 1. The molecule has 17 heavy (non-hydrogen) atoms. The van der Waals surface area contributed by atoms with Crippen LogP contribution in [0, 0.1) is 5.82 Å². The summed E-state index contributed by atoms with van der Waals surface area (Å²) in [7, 11) is 0. The minimum Gasteiger partial charge on any atom is -0.389 e. The number of nitrogens with two attached hydrogens (primary N) is 1. The summed E-state index contributed by atoms with van der Waals surface area (Å²) in [6, 6.07) is 4.65. The fourth-order valence-corrected chi connectivity index (χ4v) is 1.54. The molecule has 3 N–H and O–H groups in total. The molecule has 1 aromatic carbocycles. The maximum absolute atomic E-state index is 13.6. The Morgan fingerprint density at radius 1 is 1.59 bits per heavy atom. The van der Waals surface area contributed by atoms with Crippen LogP contribution in [0.5, 0.6) is 0 Å². The minimum atomic E-state index is -0.362. The highest BCUT2D eigenvalue weighted by Crippen LogP contribution is 2.15. The van der Waals surface area contributed by atoms with Crippen molar-refractivity contribution in [3.63, 3.8) is 0 Å². The van der Waals surface area contributed by atoms with Crippen LogP contribution in [0.15, 0.2) is 18.2 Å². The summed E-state index contributed by atoms with van der Waals surface area (Å²) in [4.78, 5) is 0.193. The van der Waals surface area contributed by atoms with Crippen molar-refractivity contribution in [1.82, 2.24) is 0 Å². The molecule has 1 aromatic rings. The van der Waals surface area contributed by atoms with E-state index in [0.717, 1.165) is 0 Å². The smallest absolute Gasteiger partial charge is 0.146 e. The van der Waals surface area contributed by atoms with E-state index in [-0.39, 0.29) is 16.9 Å². The number of thiocarbonyl (C=S) groups is 1. The molecule has 0 aliphatic carbocycles. The summed E-state index contributed by atoms with van der Waals surface area (Å²) in [5.41, 5.74) is 6.37. The first-order valence-corrected chi connectivity index (χ1v) is 5.90. The monoisotopic (exact) mass is 256 g/mol. The van der Waals surface area contributed by atoms with Gasteiger partial charge >= 0.3 is 0 Å². The van der Waals surface area contributed by atoms with Crippen LogP contribution in [0.25, 0.3) is 0 Å². The Morgan fingerprint density at radius 2 is 2.29 bits per heavy atom. The van der Waals surface area contributed by atoms with E-state index in [1.54, 1.807) is 12.1 Å². The van der Waals surface area contributed by atoms with Gasteiger partial charge in [-0.15, -0.1) is 0 Å². The number of hydrogen-bond acceptors (Lipinski definition) is 3. The lowest BCUT2D eigenvalue weighted by molar-refractivity contribution is 0.0855. The third-order valence-electron chi connectivity index (χ3n) is 2.28. The highest BCUT2D eigenvalue weighted by Gasteiger charge is 2.06. The SMILES string of the molecule is CCOC(C)CNc1ccc(C(N)=S)cc1F. The van der Waals surface area contributed by atoms with E-state index in [1.807, 2.05) is 13.8 Å². The molecule has 0 heterocycles. The van der Waals surface area contributed by atoms with E-state index in [2.05, 4.69) is 5.32 Å². The van der Waals surface area contributed by atoms with Crippen molar-refractivity contribution in [3.05, 3.63) is 29.6 Å². The van der Waals surface area contributed by atoms with Gasteiger partial charge in [-0.05, 0) is 32.0 Å². The van der Waals surface area contributed by atoms with E-state index in [0.29, 0.717) is 24.4 Å². The third-order valence-corrected chi connectivity index (χ3v) is 2.52. The molecule has 0 amide bonds. The van der Waals surface area contributed by atoms with E-state index >= 15 is 0 Å². The number of hydrogen-bond donors (Lipinski definition) is 2. The van der Waals surface area contributed by atoms with Gasteiger partial charge in [0.1, 0.15) is 10.8 Å². The number of anilines is 1. The van der Waals surface area contributed by atoms with Crippen LogP contribution in [-0.4, -0.2) is 24.2 Å². The quantitative estimate of drug-likeness (QED) is 0.767. The van der Waals surface area contributed by atoms with Crippen LogP contribution in [0.1, 0.15) is 19.4 Å². The lowest BCUT2D eigenvalue weighted by Gasteiger charge is -2.14. The number of benzene rings is 1. The fourth-order valence-electron chi connectivity index (χ4n) is 1.41. The molecule has 0 radical (unpaired) electrons. The molecule has 0 aliphatic rings. The van der Waals surface area contributed by atoms with Crippen LogP contribution in [0.3, 0.4) is 0 Å². The first-order chi connectivity index (χ1) is 8.04. The first kappa shape index (κ1) is 13.9. The molecule has 3 nitrogen and oxygen atoms in total. The Kier molecular flexibility index (Phi) is 5.31. The molecular formula is C12H17FN2OS. The largest absolute Gasteiger partial charge is 0.389 e. The maximum Gasteiger partial charge on any atom is 0.146 e. The van der Waals surface area contributed by atoms with Gasteiger partial charge in [-0.25, -0.2) is 4.39 Å². The zero-order valence-corrected chi connectivity index (χ0v) is 10.8. The molecule has 1 unspecified atom stereocenters. The number of halogens is 1. The predicted molar refractivity (Wildman–Crippen MR) is 71.9 cm³/mol. The molecule has 0 aromatic heterocycles. The summed E-state index contributed by atoms with van der Waals surface area (Å²) < 4.78 is 19.0. The third kappa shape index (κ3) is 4.28. The standard InChI is InChI=1S/C12H17FN2OS/c1-3-16-8(2)7-15-11-5-4-9(12(14)17)6-10(11)13/h4-6,8,15H,3,7H2,1-2H3,(H2,14,17). The highest BCUT2D eigenvalue weighted by atomic mass is 32.1. The summed E-state index contributed by atoms with van der Waals surface area (Å²) in [6.07, 6.45) is 0.0367. The Morgan fingerprint density at radius 3 is 2.82 bits per heavy atom. The van der Waals surface area contributed by atoms with Gasteiger partial charge in [0.2, 0.25) is 0 Å². The van der Waals surface area contributed by atoms with Crippen LogP contribution < -0.4 is 11.1 Å². The Balaban J connectivity index is 2.63. The van der Waals surface area contributed by atoms with Gasteiger partial charge in [0.05, 0.1) is 11.8 Å². The van der Waals surface area contributed by atoms with E-state index < -0.39 is 0 Å². The van der Waals surface area contributed by atoms with E-state index in [4.69, 9.17) is 22.7 Å².